The predicted molar refractivity (Wildman–Crippen MR) is 163 cm³/mol. The Labute approximate surface area is 239 Å². The van der Waals surface area contributed by atoms with Crippen LogP contribution in [0.4, 0.5) is 5.69 Å². The van der Waals surface area contributed by atoms with Crippen molar-refractivity contribution in [3.05, 3.63) is 101 Å². The van der Waals surface area contributed by atoms with Gasteiger partial charge in [-0.25, -0.2) is 0 Å². The number of pyridine rings is 1. The number of aryl methyl sites for hydroxylation is 1. The van der Waals surface area contributed by atoms with Crippen LogP contribution in [0, 0.1) is 5.92 Å². The number of nitrogens with zero attached hydrogens (tertiary/aromatic N) is 3. The van der Waals surface area contributed by atoms with E-state index in [1.807, 2.05) is 72.5 Å². The second kappa shape index (κ2) is 14.0. The van der Waals surface area contributed by atoms with Gasteiger partial charge < -0.3 is 15.1 Å². The highest BCUT2D eigenvalue weighted by atomic mass is 16.2. The highest BCUT2D eigenvalue weighted by molar-refractivity contribution is 6.04. The average molecular weight is 539 g/mol. The molecule has 6 nitrogen and oxygen atoms in total. The molecule has 0 unspecified atom stereocenters. The molecule has 1 fully saturated rings. The summed E-state index contributed by atoms with van der Waals surface area (Å²) in [5.41, 5.74) is 4.91. The monoisotopic (exact) mass is 538 g/mol. The van der Waals surface area contributed by atoms with Gasteiger partial charge in [-0.05, 0) is 85.7 Å². The molecule has 1 N–H and O–H groups in total. The molecular formula is C34H42N4O2. The lowest BCUT2D eigenvalue weighted by molar-refractivity contribution is 0.0546. The van der Waals surface area contributed by atoms with Crippen LogP contribution in [0.2, 0.25) is 0 Å². The molecular weight excluding hydrogens is 496 g/mol. The number of hydrogen-bond acceptors (Lipinski definition) is 4. The summed E-state index contributed by atoms with van der Waals surface area (Å²) >= 11 is 0. The van der Waals surface area contributed by atoms with Crippen LogP contribution in [0.3, 0.4) is 0 Å². The van der Waals surface area contributed by atoms with E-state index >= 15 is 0 Å². The normalized spacial score (nSPS) is 14.2. The van der Waals surface area contributed by atoms with E-state index in [1.54, 1.807) is 12.3 Å². The molecule has 1 aliphatic rings. The van der Waals surface area contributed by atoms with Crippen LogP contribution < -0.4 is 5.32 Å². The van der Waals surface area contributed by atoms with E-state index in [0.29, 0.717) is 29.3 Å². The summed E-state index contributed by atoms with van der Waals surface area (Å²) in [6.07, 6.45) is 7.44. The van der Waals surface area contributed by atoms with Gasteiger partial charge in [-0.15, -0.1) is 0 Å². The lowest BCUT2D eigenvalue weighted by Gasteiger charge is -2.39. The number of piperidine rings is 1. The van der Waals surface area contributed by atoms with Gasteiger partial charge in [0.15, 0.2) is 0 Å². The summed E-state index contributed by atoms with van der Waals surface area (Å²) in [5, 5.41) is 2.91. The number of carbonyl (C=O) groups is 2. The zero-order chi connectivity index (χ0) is 28.5. The summed E-state index contributed by atoms with van der Waals surface area (Å²) in [7, 11) is 0. The van der Waals surface area contributed by atoms with Gasteiger partial charge in [0.2, 0.25) is 0 Å². The van der Waals surface area contributed by atoms with Crippen LogP contribution >= 0.6 is 0 Å². The van der Waals surface area contributed by atoms with Gasteiger partial charge in [0, 0.05) is 42.5 Å². The first-order valence-corrected chi connectivity index (χ1v) is 14.5. The molecule has 1 saturated heterocycles. The molecule has 40 heavy (non-hydrogen) atoms. The SMILES string of the molecule is C=Cc1ccc(C(=O)N(Cc2ccc(C(=O)Nc3ccc(CC)nc3)cc2)C2CCN(CCC(C)C)CC2)cc1. The van der Waals surface area contributed by atoms with E-state index in [2.05, 4.69) is 35.6 Å². The van der Waals surface area contributed by atoms with E-state index in [1.165, 1.54) is 6.42 Å². The summed E-state index contributed by atoms with van der Waals surface area (Å²) in [5.74, 6) is 0.556. The van der Waals surface area contributed by atoms with Gasteiger partial charge in [0.25, 0.3) is 11.8 Å². The largest absolute Gasteiger partial charge is 0.331 e. The summed E-state index contributed by atoms with van der Waals surface area (Å²) < 4.78 is 0. The van der Waals surface area contributed by atoms with Gasteiger partial charge in [-0.1, -0.05) is 57.7 Å². The third-order valence-corrected chi connectivity index (χ3v) is 7.69. The van der Waals surface area contributed by atoms with Crippen molar-refractivity contribution in [2.75, 3.05) is 25.0 Å². The molecule has 1 aliphatic heterocycles. The molecule has 1 aromatic heterocycles. The van der Waals surface area contributed by atoms with Crippen molar-refractivity contribution >= 4 is 23.6 Å². The van der Waals surface area contributed by atoms with Gasteiger partial charge in [-0.2, -0.15) is 0 Å². The maximum absolute atomic E-state index is 13.8. The highest BCUT2D eigenvalue weighted by Crippen LogP contribution is 2.23. The molecule has 210 valence electrons. The average Bonchev–Trinajstić information content (AvgIpc) is 2.99. The Bertz CT molecular complexity index is 1260. The van der Waals surface area contributed by atoms with Gasteiger partial charge >= 0.3 is 0 Å². The van der Waals surface area contributed by atoms with Crippen molar-refractivity contribution in [1.82, 2.24) is 14.8 Å². The molecule has 0 aliphatic carbocycles. The quantitative estimate of drug-likeness (QED) is 0.295. The van der Waals surface area contributed by atoms with Crippen LogP contribution in [0.15, 0.2) is 73.4 Å². The minimum atomic E-state index is -0.179. The Kier molecular flexibility index (Phi) is 10.3. The first kappa shape index (κ1) is 29.2. The Morgan fingerprint density at radius 3 is 2.27 bits per heavy atom. The van der Waals surface area contributed by atoms with Gasteiger partial charge in [0.1, 0.15) is 0 Å². The third-order valence-electron chi connectivity index (χ3n) is 7.69. The highest BCUT2D eigenvalue weighted by Gasteiger charge is 2.29. The van der Waals surface area contributed by atoms with E-state index in [0.717, 1.165) is 55.7 Å². The zero-order valence-corrected chi connectivity index (χ0v) is 24.1. The molecule has 4 rings (SSSR count). The lowest BCUT2D eigenvalue weighted by Crippen LogP contribution is -2.47. The van der Waals surface area contributed by atoms with Crippen LogP contribution in [0.5, 0.6) is 0 Å². The van der Waals surface area contributed by atoms with Gasteiger partial charge in [0.05, 0.1) is 11.9 Å². The van der Waals surface area contributed by atoms with Crippen molar-refractivity contribution < 1.29 is 9.59 Å². The fraction of sp³-hybridized carbons (Fsp3) is 0.382. The topological polar surface area (TPSA) is 65.5 Å². The van der Waals surface area contributed by atoms with Gasteiger partial charge in [-0.3, -0.25) is 14.6 Å². The van der Waals surface area contributed by atoms with E-state index < -0.39 is 0 Å². The molecule has 0 spiro atoms. The first-order chi connectivity index (χ1) is 19.4. The maximum atomic E-state index is 13.8. The molecule has 0 saturated carbocycles. The third kappa shape index (κ3) is 7.89. The summed E-state index contributed by atoms with van der Waals surface area (Å²) in [6.45, 7) is 14.0. The second-order valence-corrected chi connectivity index (χ2v) is 11.1. The van der Waals surface area contributed by atoms with Crippen molar-refractivity contribution in [3.8, 4) is 0 Å². The second-order valence-electron chi connectivity index (χ2n) is 11.1. The summed E-state index contributed by atoms with van der Waals surface area (Å²) in [6, 6.07) is 19.2. The Morgan fingerprint density at radius 1 is 1.02 bits per heavy atom. The summed E-state index contributed by atoms with van der Waals surface area (Å²) in [4.78, 5) is 35.5. The standard InChI is InChI=1S/C34H42N4O2/c1-5-26-7-13-29(14-8-26)34(40)38(32-18-21-37(22-19-32)20-17-25(3)4)24-27-9-11-28(12-10-27)33(39)36-31-16-15-30(6-2)35-23-31/h5,7-16,23,25,32H,1,6,17-22,24H2,2-4H3,(H,36,39). The Morgan fingerprint density at radius 2 is 1.70 bits per heavy atom. The molecule has 2 heterocycles. The number of aromatic nitrogens is 1. The fourth-order valence-electron chi connectivity index (χ4n) is 5.06. The van der Waals surface area contributed by atoms with Crippen molar-refractivity contribution in [1.29, 1.82) is 0 Å². The number of rotatable bonds is 11. The lowest BCUT2D eigenvalue weighted by atomic mass is 9.99. The molecule has 0 radical (unpaired) electrons. The number of hydrogen-bond donors (Lipinski definition) is 1. The molecule has 2 aromatic carbocycles. The smallest absolute Gasteiger partial charge is 0.255 e. The number of benzene rings is 2. The molecule has 0 bridgehead atoms. The van der Waals surface area contributed by atoms with Crippen molar-refractivity contribution in [3.63, 3.8) is 0 Å². The molecule has 2 amide bonds. The van der Waals surface area contributed by atoms with Crippen LogP contribution in [-0.2, 0) is 13.0 Å². The van der Waals surface area contributed by atoms with E-state index in [9.17, 15) is 9.59 Å². The minimum Gasteiger partial charge on any atom is -0.331 e. The maximum Gasteiger partial charge on any atom is 0.255 e. The minimum absolute atomic E-state index is 0.0427. The zero-order valence-electron chi connectivity index (χ0n) is 24.1. The van der Waals surface area contributed by atoms with E-state index in [-0.39, 0.29) is 17.9 Å². The van der Waals surface area contributed by atoms with Crippen molar-refractivity contribution in [2.45, 2.75) is 59.0 Å². The Hall–Kier alpha value is -3.77. The number of anilines is 1. The predicted octanol–water partition coefficient (Wildman–Crippen LogP) is 6.69. The number of likely N-dealkylation sites (tertiary alicyclic amines) is 1. The van der Waals surface area contributed by atoms with Crippen LogP contribution in [-0.4, -0.2) is 52.3 Å². The molecule has 6 heteroatoms. The van der Waals surface area contributed by atoms with Crippen molar-refractivity contribution in [2.24, 2.45) is 5.92 Å². The Balaban J connectivity index is 1.46. The molecule has 3 aromatic rings. The molecule has 0 atom stereocenters. The number of carbonyl (C=O) groups excluding carboxylic acids is 2. The van der Waals surface area contributed by atoms with E-state index in [4.69, 9.17) is 0 Å². The number of amides is 2. The number of nitrogens with one attached hydrogen (secondary N) is 1. The fourth-order valence-corrected chi connectivity index (χ4v) is 5.06. The first-order valence-electron chi connectivity index (χ1n) is 14.5. The van der Waals surface area contributed by atoms with Crippen LogP contribution in [0.25, 0.3) is 6.08 Å². The van der Waals surface area contributed by atoms with Crippen LogP contribution in [0.1, 0.15) is 77.6 Å².